The van der Waals surface area contributed by atoms with Crippen molar-refractivity contribution in [2.75, 3.05) is 12.9 Å². The van der Waals surface area contributed by atoms with Gasteiger partial charge in [-0.15, -0.1) is 5.10 Å². The SMILES string of the molecule is CCOc1cc(S(C)(=O)=O)[nH]n1. The molecule has 0 radical (unpaired) electrons. The monoisotopic (exact) mass is 190 g/mol. The zero-order valence-electron chi connectivity index (χ0n) is 6.86. The number of aromatic nitrogens is 2. The van der Waals surface area contributed by atoms with Crippen molar-refractivity contribution in [3.63, 3.8) is 0 Å². The van der Waals surface area contributed by atoms with Crippen LogP contribution >= 0.6 is 0 Å². The summed E-state index contributed by atoms with van der Waals surface area (Å²) in [6, 6.07) is 1.36. The number of aromatic amines is 1. The van der Waals surface area contributed by atoms with Crippen molar-refractivity contribution in [1.82, 2.24) is 10.2 Å². The van der Waals surface area contributed by atoms with Gasteiger partial charge < -0.3 is 4.74 Å². The summed E-state index contributed by atoms with van der Waals surface area (Å²) in [4.78, 5) is 0. The van der Waals surface area contributed by atoms with Gasteiger partial charge in [0.15, 0.2) is 14.9 Å². The summed E-state index contributed by atoms with van der Waals surface area (Å²) in [6.07, 6.45) is 1.11. The molecular formula is C6H10N2O3S. The standard InChI is InChI=1S/C6H10N2O3S/c1-3-11-5-4-6(8-7-5)12(2,9)10/h4H,3H2,1-2H3,(H,7,8). The van der Waals surface area contributed by atoms with Crippen LogP contribution in [0.2, 0.25) is 0 Å². The molecule has 1 aromatic heterocycles. The first-order valence-corrected chi connectivity index (χ1v) is 5.31. The maximum absolute atomic E-state index is 10.9. The third-order valence-corrected chi connectivity index (χ3v) is 2.23. The van der Waals surface area contributed by atoms with E-state index >= 15 is 0 Å². The van der Waals surface area contributed by atoms with Gasteiger partial charge in [-0.2, -0.15) is 0 Å². The minimum absolute atomic E-state index is 0.0750. The van der Waals surface area contributed by atoms with Gasteiger partial charge in [0, 0.05) is 12.3 Å². The van der Waals surface area contributed by atoms with Crippen molar-refractivity contribution < 1.29 is 13.2 Å². The first kappa shape index (κ1) is 9.05. The minimum Gasteiger partial charge on any atom is -0.477 e. The number of H-pyrrole nitrogens is 1. The fraction of sp³-hybridized carbons (Fsp3) is 0.500. The molecule has 0 unspecified atom stereocenters. The van der Waals surface area contributed by atoms with Gasteiger partial charge in [0.05, 0.1) is 6.61 Å². The number of nitrogens with one attached hydrogen (secondary N) is 1. The Morgan fingerprint density at radius 1 is 1.67 bits per heavy atom. The van der Waals surface area contributed by atoms with Crippen molar-refractivity contribution in [2.45, 2.75) is 11.9 Å². The van der Waals surface area contributed by atoms with Crippen molar-refractivity contribution in [2.24, 2.45) is 0 Å². The maximum Gasteiger partial charge on any atom is 0.233 e. The van der Waals surface area contributed by atoms with Crippen LogP contribution in [0.5, 0.6) is 5.88 Å². The van der Waals surface area contributed by atoms with E-state index in [1.54, 1.807) is 6.92 Å². The Kier molecular flexibility index (Phi) is 2.37. The molecule has 5 nitrogen and oxygen atoms in total. The van der Waals surface area contributed by atoms with Crippen LogP contribution in [0.25, 0.3) is 0 Å². The molecule has 0 fully saturated rings. The van der Waals surface area contributed by atoms with E-state index in [0.29, 0.717) is 12.5 Å². The predicted molar refractivity (Wildman–Crippen MR) is 42.9 cm³/mol. The Bertz CT molecular complexity index is 355. The van der Waals surface area contributed by atoms with E-state index < -0.39 is 9.84 Å². The van der Waals surface area contributed by atoms with E-state index in [1.807, 2.05) is 0 Å². The van der Waals surface area contributed by atoms with Crippen molar-refractivity contribution in [3.8, 4) is 5.88 Å². The quantitative estimate of drug-likeness (QED) is 0.739. The molecule has 0 aromatic carbocycles. The van der Waals surface area contributed by atoms with Gasteiger partial charge in [-0.3, -0.25) is 5.10 Å². The highest BCUT2D eigenvalue weighted by Gasteiger charge is 2.10. The van der Waals surface area contributed by atoms with Crippen LogP contribution in [0.15, 0.2) is 11.1 Å². The van der Waals surface area contributed by atoms with Gasteiger partial charge in [0.2, 0.25) is 5.88 Å². The second kappa shape index (κ2) is 3.14. The molecule has 68 valence electrons. The fourth-order valence-electron chi connectivity index (χ4n) is 0.699. The summed E-state index contributed by atoms with van der Waals surface area (Å²) in [5.74, 6) is 0.304. The third-order valence-electron chi connectivity index (χ3n) is 1.22. The van der Waals surface area contributed by atoms with Gasteiger partial charge in [-0.1, -0.05) is 0 Å². The van der Waals surface area contributed by atoms with Crippen LogP contribution in [-0.2, 0) is 9.84 Å². The summed E-state index contributed by atoms with van der Waals surface area (Å²) < 4.78 is 26.8. The lowest BCUT2D eigenvalue weighted by Crippen LogP contribution is -1.96. The first-order chi connectivity index (χ1) is 5.54. The number of hydrogen-bond acceptors (Lipinski definition) is 4. The summed E-state index contributed by atoms with van der Waals surface area (Å²) in [7, 11) is -3.20. The van der Waals surface area contributed by atoms with Crippen LogP contribution in [0.4, 0.5) is 0 Å². The number of rotatable bonds is 3. The zero-order valence-corrected chi connectivity index (χ0v) is 7.68. The number of hydrogen-bond donors (Lipinski definition) is 1. The largest absolute Gasteiger partial charge is 0.477 e. The van der Waals surface area contributed by atoms with Crippen molar-refractivity contribution in [3.05, 3.63) is 6.07 Å². The Balaban J connectivity index is 2.92. The van der Waals surface area contributed by atoms with Crippen LogP contribution in [0.3, 0.4) is 0 Å². The Morgan fingerprint density at radius 3 is 2.75 bits per heavy atom. The molecule has 6 heteroatoms. The Labute approximate surface area is 70.7 Å². The molecule has 1 heterocycles. The summed E-state index contributed by atoms with van der Waals surface area (Å²) in [5.41, 5.74) is 0. The minimum atomic E-state index is -3.20. The Hall–Kier alpha value is -1.04. The molecule has 0 atom stereocenters. The van der Waals surface area contributed by atoms with Gasteiger partial charge in [-0.05, 0) is 6.92 Å². The van der Waals surface area contributed by atoms with Crippen LogP contribution in [0.1, 0.15) is 6.92 Å². The normalized spacial score (nSPS) is 11.5. The molecule has 0 saturated carbocycles. The second-order valence-corrected chi connectivity index (χ2v) is 4.26. The van der Waals surface area contributed by atoms with E-state index in [4.69, 9.17) is 4.74 Å². The lowest BCUT2D eigenvalue weighted by molar-refractivity contribution is 0.326. The zero-order chi connectivity index (χ0) is 9.19. The number of sulfone groups is 1. The maximum atomic E-state index is 10.9. The molecule has 1 aromatic rings. The van der Waals surface area contributed by atoms with E-state index in [1.165, 1.54) is 6.07 Å². The predicted octanol–water partition coefficient (Wildman–Crippen LogP) is 0.212. The van der Waals surface area contributed by atoms with E-state index in [-0.39, 0.29) is 5.03 Å². The summed E-state index contributed by atoms with van der Waals surface area (Å²) in [6.45, 7) is 2.27. The van der Waals surface area contributed by atoms with Crippen LogP contribution < -0.4 is 4.74 Å². The van der Waals surface area contributed by atoms with Crippen LogP contribution in [0, 0.1) is 0 Å². The first-order valence-electron chi connectivity index (χ1n) is 3.42. The molecular weight excluding hydrogens is 180 g/mol. The third kappa shape index (κ3) is 1.97. The average Bonchev–Trinajstić information content (AvgIpc) is 2.35. The molecule has 0 aliphatic rings. The average molecular weight is 190 g/mol. The van der Waals surface area contributed by atoms with Gasteiger partial charge >= 0.3 is 0 Å². The van der Waals surface area contributed by atoms with Gasteiger partial charge in [-0.25, -0.2) is 8.42 Å². The highest BCUT2D eigenvalue weighted by atomic mass is 32.2. The molecule has 0 spiro atoms. The van der Waals surface area contributed by atoms with E-state index in [2.05, 4.69) is 10.2 Å². The molecule has 12 heavy (non-hydrogen) atoms. The highest BCUT2D eigenvalue weighted by Crippen LogP contribution is 2.12. The lowest BCUT2D eigenvalue weighted by Gasteiger charge is -1.92. The van der Waals surface area contributed by atoms with Crippen LogP contribution in [-0.4, -0.2) is 31.5 Å². The molecule has 1 N–H and O–H groups in total. The highest BCUT2D eigenvalue weighted by molar-refractivity contribution is 7.90. The molecule has 1 rings (SSSR count). The molecule has 0 aliphatic heterocycles. The fourth-order valence-corrected chi connectivity index (χ4v) is 1.23. The Morgan fingerprint density at radius 2 is 2.33 bits per heavy atom. The van der Waals surface area contributed by atoms with Gasteiger partial charge in [0.1, 0.15) is 0 Å². The van der Waals surface area contributed by atoms with Gasteiger partial charge in [0.25, 0.3) is 0 Å². The molecule has 0 bridgehead atoms. The van der Waals surface area contributed by atoms with E-state index in [0.717, 1.165) is 6.26 Å². The van der Waals surface area contributed by atoms with Crippen molar-refractivity contribution >= 4 is 9.84 Å². The molecule has 0 aliphatic carbocycles. The number of ether oxygens (including phenoxy) is 1. The molecule has 0 amide bonds. The molecule has 0 saturated heterocycles. The second-order valence-electron chi connectivity index (χ2n) is 2.28. The smallest absolute Gasteiger partial charge is 0.233 e. The summed E-state index contributed by atoms with van der Waals surface area (Å²) in [5, 5.41) is 6.09. The van der Waals surface area contributed by atoms with Crippen molar-refractivity contribution in [1.29, 1.82) is 0 Å². The lowest BCUT2D eigenvalue weighted by atomic mass is 10.7. The van der Waals surface area contributed by atoms with E-state index in [9.17, 15) is 8.42 Å². The topological polar surface area (TPSA) is 72.1 Å². The summed E-state index contributed by atoms with van der Waals surface area (Å²) >= 11 is 0. The number of nitrogens with zero attached hydrogens (tertiary/aromatic N) is 1.